The number of fused-ring (bicyclic) bond motifs is 4. The lowest BCUT2D eigenvalue weighted by Gasteiger charge is -2.04. The smallest absolute Gasteiger partial charge is 0.168 e. The Labute approximate surface area is 132 Å². The van der Waals surface area contributed by atoms with Crippen molar-refractivity contribution in [1.29, 1.82) is 0 Å². The SMILES string of the molecule is c1ccc(-c2noc3cc4ccc5ccccc5c4cc23)cc1. The summed E-state index contributed by atoms with van der Waals surface area (Å²) in [6.45, 7) is 0. The van der Waals surface area contributed by atoms with E-state index < -0.39 is 0 Å². The van der Waals surface area contributed by atoms with E-state index >= 15 is 0 Å². The van der Waals surface area contributed by atoms with Gasteiger partial charge in [-0.25, -0.2) is 0 Å². The van der Waals surface area contributed by atoms with E-state index in [-0.39, 0.29) is 0 Å². The number of rotatable bonds is 1. The third-order valence-electron chi connectivity index (χ3n) is 4.38. The predicted molar refractivity (Wildman–Crippen MR) is 94.5 cm³/mol. The number of nitrogens with zero attached hydrogens (tertiary/aromatic N) is 1. The van der Waals surface area contributed by atoms with E-state index in [9.17, 15) is 0 Å². The van der Waals surface area contributed by atoms with Crippen LogP contribution in [0.25, 0.3) is 43.8 Å². The molecular formula is C21H13NO. The Kier molecular flexibility index (Phi) is 2.53. The van der Waals surface area contributed by atoms with Gasteiger partial charge in [-0.2, -0.15) is 0 Å². The molecule has 0 radical (unpaired) electrons. The van der Waals surface area contributed by atoms with Gasteiger partial charge in [0.25, 0.3) is 0 Å². The van der Waals surface area contributed by atoms with Crippen molar-refractivity contribution >= 4 is 32.5 Å². The summed E-state index contributed by atoms with van der Waals surface area (Å²) in [4.78, 5) is 0. The standard InChI is InChI=1S/C21H13NO/c1-2-7-15(8-3-1)21-19-13-18-16(12-20(19)23-22-21)11-10-14-6-4-5-9-17(14)18/h1-13H. The van der Waals surface area contributed by atoms with Crippen LogP contribution in [0.3, 0.4) is 0 Å². The second-order valence-corrected chi connectivity index (χ2v) is 5.75. The molecule has 0 spiro atoms. The molecule has 5 rings (SSSR count). The van der Waals surface area contributed by atoms with Crippen LogP contribution in [0.2, 0.25) is 0 Å². The fourth-order valence-corrected chi connectivity index (χ4v) is 3.24. The zero-order valence-electron chi connectivity index (χ0n) is 12.4. The Morgan fingerprint density at radius 1 is 0.609 bits per heavy atom. The van der Waals surface area contributed by atoms with Gasteiger partial charge in [-0.15, -0.1) is 0 Å². The van der Waals surface area contributed by atoms with Crippen molar-refractivity contribution in [2.75, 3.05) is 0 Å². The molecule has 0 unspecified atom stereocenters. The van der Waals surface area contributed by atoms with Crippen LogP contribution < -0.4 is 0 Å². The molecule has 1 heterocycles. The lowest BCUT2D eigenvalue weighted by atomic mass is 9.99. The molecule has 23 heavy (non-hydrogen) atoms. The van der Waals surface area contributed by atoms with Gasteiger partial charge in [0, 0.05) is 5.56 Å². The van der Waals surface area contributed by atoms with E-state index in [1.165, 1.54) is 21.5 Å². The van der Waals surface area contributed by atoms with Crippen molar-refractivity contribution in [2.45, 2.75) is 0 Å². The zero-order chi connectivity index (χ0) is 15.2. The average molecular weight is 295 g/mol. The van der Waals surface area contributed by atoms with Crippen LogP contribution in [0.15, 0.2) is 83.4 Å². The van der Waals surface area contributed by atoms with Crippen molar-refractivity contribution in [3.05, 3.63) is 78.9 Å². The van der Waals surface area contributed by atoms with Crippen LogP contribution in [-0.4, -0.2) is 5.16 Å². The number of aromatic nitrogens is 1. The summed E-state index contributed by atoms with van der Waals surface area (Å²) < 4.78 is 5.57. The highest BCUT2D eigenvalue weighted by atomic mass is 16.5. The summed E-state index contributed by atoms with van der Waals surface area (Å²) in [7, 11) is 0. The molecule has 0 saturated carbocycles. The molecule has 0 amide bonds. The molecule has 0 saturated heterocycles. The number of hydrogen-bond donors (Lipinski definition) is 0. The molecule has 2 heteroatoms. The first-order valence-corrected chi connectivity index (χ1v) is 7.66. The first kappa shape index (κ1) is 12.4. The molecule has 2 nitrogen and oxygen atoms in total. The van der Waals surface area contributed by atoms with E-state index in [0.29, 0.717) is 0 Å². The Morgan fingerprint density at radius 2 is 1.39 bits per heavy atom. The normalized spacial score (nSPS) is 11.5. The monoisotopic (exact) mass is 295 g/mol. The van der Waals surface area contributed by atoms with Gasteiger partial charge >= 0.3 is 0 Å². The Balaban J connectivity index is 1.90. The lowest BCUT2D eigenvalue weighted by Crippen LogP contribution is -1.80. The average Bonchev–Trinajstić information content (AvgIpc) is 3.03. The minimum Gasteiger partial charge on any atom is -0.356 e. The summed E-state index contributed by atoms with van der Waals surface area (Å²) >= 11 is 0. The van der Waals surface area contributed by atoms with Crippen molar-refractivity contribution in [3.8, 4) is 11.3 Å². The third-order valence-corrected chi connectivity index (χ3v) is 4.38. The van der Waals surface area contributed by atoms with Gasteiger partial charge in [0.2, 0.25) is 0 Å². The van der Waals surface area contributed by atoms with Gasteiger partial charge in [0.05, 0.1) is 5.39 Å². The highest BCUT2D eigenvalue weighted by Crippen LogP contribution is 2.34. The molecule has 0 bridgehead atoms. The lowest BCUT2D eigenvalue weighted by molar-refractivity contribution is 0.459. The van der Waals surface area contributed by atoms with Crippen LogP contribution in [-0.2, 0) is 0 Å². The molecular weight excluding hydrogens is 282 g/mol. The van der Waals surface area contributed by atoms with Crippen LogP contribution in [0, 0.1) is 0 Å². The summed E-state index contributed by atoms with van der Waals surface area (Å²) in [6, 6.07) is 27.2. The zero-order valence-corrected chi connectivity index (χ0v) is 12.4. The summed E-state index contributed by atoms with van der Waals surface area (Å²) in [5, 5.41) is 10.3. The number of hydrogen-bond acceptors (Lipinski definition) is 2. The van der Waals surface area contributed by atoms with E-state index in [2.05, 4.69) is 65.8 Å². The molecule has 0 fully saturated rings. The minimum absolute atomic E-state index is 0.826. The second kappa shape index (κ2) is 4.68. The second-order valence-electron chi connectivity index (χ2n) is 5.75. The maximum Gasteiger partial charge on any atom is 0.168 e. The summed E-state index contributed by atoms with van der Waals surface area (Å²) in [5.74, 6) is 0. The fraction of sp³-hybridized carbons (Fsp3) is 0. The van der Waals surface area contributed by atoms with E-state index in [4.69, 9.17) is 4.52 Å². The maximum atomic E-state index is 5.57. The van der Waals surface area contributed by atoms with Gasteiger partial charge in [-0.1, -0.05) is 71.9 Å². The predicted octanol–water partition coefficient (Wildman–Crippen LogP) is 5.80. The topological polar surface area (TPSA) is 26.0 Å². The highest BCUT2D eigenvalue weighted by molar-refractivity contribution is 6.12. The van der Waals surface area contributed by atoms with E-state index in [1.54, 1.807) is 0 Å². The molecule has 0 N–H and O–H groups in total. The Morgan fingerprint density at radius 3 is 2.30 bits per heavy atom. The van der Waals surface area contributed by atoms with Crippen LogP contribution in [0.5, 0.6) is 0 Å². The third kappa shape index (κ3) is 1.85. The van der Waals surface area contributed by atoms with Crippen molar-refractivity contribution < 1.29 is 4.52 Å². The summed E-state index contributed by atoms with van der Waals surface area (Å²) in [6.07, 6.45) is 0. The van der Waals surface area contributed by atoms with Crippen LogP contribution >= 0.6 is 0 Å². The van der Waals surface area contributed by atoms with Crippen LogP contribution in [0.4, 0.5) is 0 Å². The van der Waals surface area contributed by atoms with Gasteiger partial charge in [0.15, 0.2) is 5.58 Å². The van der Waals surface area contributed by atoms with E-state index in [1.807, 2.05) is 18.2 Å². The molecule has 4 aromatic carbocycles. The molecule has 108 valence electrons. The van der Waals surface area contributed by atoms with Crippen LogP contribution in [0.1, 0.15) is 0 Å². The first-order valence-electron chi connectivity index (χ1n) is 7.66. The summed E-state index contributed by atoms with van der Waals surface area (Å²) in [5.41, 5.74) is 2.80. The highest BCUT2D eigenvalue weighted by Gasteiger charge is 2.12. The number of benzene rings is 4. The molecule has 0 atom stereocenters. The van der Waals surface area contributed by atoms with Gasteiger partial charge in [-0.3, -0.25) is 0 Å². The first-order chi connectivity index (χ1) is 11.4. The van der Waals surface area contributed by atoms with Crippen molar-refractivity contribution in [2.24, 2.45) is 0 Å². The fourth-order valence-electron chi connectivity index (χ4n) is 3.24. The minimum atomic E-state index is 0.826. The largest absolute Gasteiger partial charge is 0.356 e. The van der Waals surface area contributed by atoms with Crippen molar-refractivity contribution in [3.63, 3.8) is 0 Å². The quantitative estimate of drug-likeness (QED) is 0.365. The molecule has 1 aromatic heterocycles. The van der Waals surface area contributed by atoms with Crippen molar-refractivity contribution in [1.82, 2.24) is 5.16 Å². The van der Waals surface area contributed by atoms with Gasteiger partial charge in [-0.05, 0) is 33.7 Å². The van der Waals surface area contributed by atoms with E-state index in [0.717, 1.165) is 22.2 Å². The molecule has 0 aliphatic heterocycles. The molecule has 0 aliphatic rings. The molecule has 0 aliphatic carbocycles. The Bertz CT molecular complexity index is 1160. The van der Waals surface area contributed by atoms with Gasteiger partial charge in [0.1, 0.15) is 5.69 Å². The van der Waals surface area contributed by atoms with Gasteiger partial charge < -0.3 is 4.52 Å². The molecule has 5 aromatic rings. The maximum absolute atomic E-state index is 5.57. The Hall–Kier alpha value is -3.13.